The third-order valence-electron chi connectivity index (χ3n) is 7.76. The molecule has 0 saturated carbocycles. The predicted octanol–water partition coefficient (Wildman–Crippen LogP) is 2.42. The Hall–Kier alpha value is -3.40. The molecule has 2 aromatic carbocycles. The summed E-state index contributed by atoms with van der Waals surface area (Å²) in [5, 5.41) is 17.9. The molecular weight excluding hydrogens is 593 g/mol. The van der Waals surface area contributed by atoms with E-state index in [1.807, 2.05) is 4.90 Å². The molecule has 0 radical (unpaired) electrons. The average molecular weight is 629 g/mol. The Balaban J connectivity index is 1.38. The highest BCUT2D eigenvalue weighted by atomic mass is 32.2. The number of aliphatic hydroxyl groups is 1. The fourth-order valence-electron chi connectivity index (χ4n) is 5.35. The number of alkyl halides is 3. The zero-order valence-corrected chi connectivity index (χ0v) is 24.3. The first-order valence-electron chi connectivity index (χ1n) is 13.8. The molecule has 2 saturated heterocycles. The van der Waals surface area contributed by atoms with E-state index in [9.17, 15) is 36.3 Å². The Bertz CT molecular complexity index is 1380. The molecule has 2 aliphatic heterocycles. The van der Waals surface area contributed by atoms with Crippen LogP contribution in [0.2, 0.25) is 0 Å². The van der Waals surface area contributed by atoms with Crippen LogP contribution in [0.5, 0.6) is 5.75 Å². The minimum Gasteiger partial charge on any atom is -0.406 e. The summed E-state index contributed by atoms with van der Waals surface area (Å²) in [6.45, 7) is 1.44. The van der Waals surface area contributed by atoms with Gasteiger partial charge in [0.2, 0.25) is 11.8 Å². The number of carbonyl (C=O) groups excluding carboxylic acids is 2. The van der Waals surface area contributed by atoms with E-state index in [0.717, 1.165) is 17.8 Å². The molecule has 2 heterocycles. The maximum Gasteiger partial charge on any atom is 0.573 e. The van der Waals surface area contributed by atoms with E-state index in [1.54, 1.807) is 12.1 Å². The zero-order valence-electron chi connectivity index (χ0n) is 23.5. The molecule has 0 aliphatic carbocycles. The number of rotatable bonds is 10. The summed E-state index contributed by atoms with van der Waals surface area (Å²) < 4.78 is 72.1. The van der Waals surface area contributed by atoms with E-state index in [1.165, 1.54) is 31.4 Å². The first-order valence-corrected chi connectivity index (χ1v) is 15.3. The molecule has 1 unspecified atom stereocenters. The van der Waals surface area contributed by atoms with Crippen LogP contribution >= 0.6 is 0 Å². The van der Waals surface area contributed by atoms with E-state index in [2.05, 4.69) is 20.7 Å². The Morgan fingerprint density at radius 1 is 1.12 bits per heavy atom. The molecular formula is C28H35F3N4O7S. The van der Waals surface area contributed by atoms with Gasteiger partial charge in [-0.3, -0.25) is 9.59 Å². The van der Waals surface area contributed by atoms with Crippen LogP contribution < -0.4 is 25.6 Å². The normalized spacial score (nSPS) is 18.5. The van der Waals surface area contributed by atoms with Crippen molar-refractivity contribution in [1.82, 2.24) is 10.6 Å². The van der Waals surface area contributed by atoms with Crippen LogP contribution in [0.1, 0.15) is 25.7 Å². The SMILES string of the molecule is COC(O)CNC(=O)C1(S(=O)(=O)c2ccc(N3CCC(C(=O)Nc4cccc(OC(F)(F)F)c4)CC3)cc2)CCNCC1. The van der Waals surface area contributed by atoms with Gasteiger partial charge in [-0.25, -0.2) is 8.42 Å². The van der Waals surface area contributed by atoms with Crippen LogP contribution in [0.4, 0.5) is 24.5 Å². The van der Waals surface area contributed by atoms with Crippen molar-refractivity contribution in [3.8, 4) is 5.75 Å². The number of nitrogens with zero attached hydrogens (tertiary/aromatic N) is 1. The summed E-state index contributed by atoms with van der Waals surface area (Å²) in [6, 6.07) is 11.4. The van der Waals surface area contributed by atoms with Crippen LogP contribution in [0, 0.1) is 5.92 Å². The summed E-state index contributed by atoms with van der Waals surface area (Å²) in [5.74, 6) is -1.79. The standard InChI is InChI=1S/C28H35F3N4O7S/c1-41-24(36)18-33-26(38)27(11-13-32-14-12-27)43(39,40)23-7-5-21(6-8-23)35-15-9-19(10-16-35)25(37)34-20-3-2-4-22(17-20)42-28(29,30)31/h2-8,17,19,24,32,36H,9-16,18H2,1H3,(H,33,38)(H,34,37). The lowest BCUT2D eigenvalue weighted by molar-refractivity contribution is -0.274. The fraction of sp³-hybridized carbons (Fsp3) is 0.500. The van der Waals surface area contributed by atoms with E-state index < -0.39 is 38.9 Å². The highest BCUT2D eigenvalue weighted by Crippen LogP contribution is 2.35. The molecule has 2 aromatic rings. The molecule has 2 aliphatic rings. The van der Waals surface area contributed by atoms with E-state index in [0.29, 0.717) is 39.0 Å². The van der Waals surface area contributed by atoms with Crippen molar-refractivity contribution in [2.75, 3.05) is 50.1 Å². The second kappa shape index (κ2) is 13.5. The number of hydrogen-bond donors (Lipinski definition) is 4. The number of piperidine rings is 2. The first-order chi connectivity index (χ1) is 20.3. The number of ether oxygens (including phenoxy) is 2. The van der Waals surface area contributed by atoms with Crippen molar-refractivity contribution in [2.24, 2.45) is 5.92 Å². The largest absolute Gasteiger partial charge is 0.573 e. The Kier molecular flexibility index (Phi) is 10.2. The molecule has 4 rings (SSSR count). The van der Waals surface area contributed by atoms with Gasteiger partial charge in [0, 0.05) is 43.6 Å². The van der Waals surface area contributed by atoms with Crippen LogP contribution in [0.25, 0.3) is 0 Å². The lowest BCUT2D eigenvalue weighted by Crippen LogP contribution is -2.58. The van der Waals surface area contributed by atoms with Crippen molar-refractivity contribution in [1.29, 1.82) is 0 Å². The number of methoxy groups -OCH3 is 1. The van der Waals surface area contributed by atoms with E-state index in [-0.39, 0.29) is 41.8 Å². The second-order valence-corrected chi connectivity index (χ2v) is 12.7. The highest BCUT2D eigenvalue weighted by Gasteiger charge is 2.51. The van der Waals surface area contributed by atoms with Crippen LogP contribution in [-0.2, 0) is 24.2 Å². The van der Waals surface area contributed by atoms with Gasteiger partial charge in [-0.1, -0.05) is 6.07 Å². The summed E-state index contributed by atoms with van der Waals surface area (Å²) in [5.41, 5.74) is 0.947. The predicted molar refractivity (Wildman–Crippen MR) is 151 cm³/mol. The quantitative estimate of drug-likeness (QED) is 0.292. The van der Waals surface area contributed by atoms with E-state index in [4.69, 9.17) is 4.74 Å². The third-order valence-corrected chi connectivity index (χ3v) is 10.3. The summed E-state index contributed by atoms with van der Waals surface area (Å²) in [4.78, 5) is 28.0. The minimum absolute atomic E-state index is 0.00610. The van der Waals surface area contributed by atoms with Crippen LogP contribution in [0.15, 0.2) is 53.4 Å². The number of sulfone groups is 1. The Morgan fingerprint density at radius 2 is 1.77 bits per heavy atom. The molecule has 15 heteroatoms. The lowest BCUT2D eigenvalue weighted by atomic mass is 9.95. The van der Waals surface area contributed by atoms with Gasteiger partial charge in [-0.2, -0.15) is 0 Å². The number of halogens is 3. The van der Waals surface area contributed by atoms with Gasteiger partial charge < -0.3 is 35.4 Å². The molecule has 236 valence electrons. The summed E-state index contributed by atoms with van der Waals surface area (Å²) in [7, 11) is -2.83. The first kappa shape index (κ1) is 32.5. The molecule has 1 atom stereocenters. The van der Waals surface area contributed by atoms with Gasteiger partial charge in [-0.15, -0.1) is 13.2 Å². The van der Waals surface area contributed by atoms with Gasteiger partial charge in [0.15, 0.2) is 20.9 Å². The molecule has 4 N–H and O–H groups in total. The molecule has 0 aromatic heterocycles. The second-order valence-electron chi connectivity index (χ2n) is 10.5. The number of carbonyl (C=O) groups is 2. The number of nitrogens with one attached hydrogen (secondary N) is 3. The monoisotopic (exact) mass is 628 g/mol. The molecule has 0 bridgehead atoms. The van der Waals surface area contributed by atoms with Gasteiger partial charge in [0.05, 0.1) is 11.4 Å². The highest BCUT2D eigenvalue weighted by molar-refractivity contribution is 7.93. The topological polar surface area (TPSA) is 146 Å². The minimum atomic E-state index is -4.84. The molecule has 2 amide bonds. The van der Waals surface area contributed by atoms with Gasteiger partial charge >= 0.3 is 6.36 Å². The summed E-state index contributed by atoms with van der Waals surface area (Å²) >= 11 is 0. The van der Waals surface area contributed by atoms with Crippen molar-refractivity contribution >= 4 is 33.0 Å². The van der Waals surface area contributed by atoms with Crippen LogP contribution in [0.3, 0.4) is 0 Å². The number of aliphatic hydroxyl groups excluding tert-OH is 1. The maximum atomic E-state index is 13.8. The summed E-state index contributed by atoms with van der Waals surface area (Å²) in [6.07, 6.45) is -5.00. The van der Waals surface area contributed by atoms with Crippen molar-refractivity contribution in [2.45, 2.75) is 48.0 Å². The molecule has 0 spiro atoms. The van der Waals surface area contributed by atoms with Gasteiger partial charge in [0.1, 0.15) is 5.75 Å². The number of hydrogen-bond acceptors (Lipinski definition) is 9. The molecule has 2 fully saturated rings. The van der Waals surface area contributed by atoms with Crippen molar-refractivity contribution < 1.29 is 45.8 Å². The average Bonchev–Trinajstić information content (AvgIpc) is 2.99. The smallest absolute Gasteiger partial charge is 0.406 e. The zero-order chi connectivity index (χ0) is 31.3. The maximum absolute atomic E-state index is 13.8. The van der Waals surface area contributed by atoms with E-state index >= 15 is 0 Å². The lowest BCUT2D eigenvalue weighted by Gasteiger charge is -2.36. The number of amides is 2. The molecule has 11 nitrogen and oxygen atoms in total. The van der Waals surface area contributed by atoms with Crippen molar-refractivity contribution in [3.05, 3.63) is 48.5 Å². The van der Waals surface area contributed by atoms with Gasteiger partial charge in [0.25, 0.3) is 0 Å². The van der Waals surface area contributed by atoms with Crippen molar-refractivity contribution in [3.63, 3.8) is 0 Å². The van der Waals surface area contributed by atoms with Crippen LogP contribution in [-0.4, -0.2) is 82.6 Å². The molecule has 43 heavy (non-hydrogen) atoms. The fourth-order valence-corrected chi connectivity index (χ4v) is 7.35. The van der Waals surface area contributed by atoms with Gasteiger partial charge in [-0.05, 0) is 75.2 Å². The number of anilines is 2. The number of benzene rings is 2. The Morgan fingerprint density at radius 3 is 2.37 bits per heavy atom. The third kappa shape index (κ3) is 7.77. The Labute approximate surface area is 247 Å².